The highest BCUT2D eigenvalue weighted by Crippen LogP contribution is 2.38. The average molecular weight is 736 g/mol. The molecular formula is C50H49N5O. The first-order valence-corrected chi connectivity index (χ1v) is 20.2. The first-order valence-electron chi connectivity index (χ1n) is 20.2. The van der Waals surface area contributed by atoms with Gasteiger partial charge in [-0.25, -0.2) is 0 Å². The van der Waals surface area contributed by atoms with E-state index in [0.717, 1.165) is 73.9 Å². The van der Waals surface area contributed by atoms with E-state index < -0.39 is 0 Å². The first kappa shape index (κ1) is 35.8. The smallest absolute Gasteiger partial charge is 0.227 e. The van der Waals surface area contributed by atoms with E-state index in [1.807, 2.05) is 36.9 Å². The van der Waals surface area contributed by atoms with E-state index in [0.29, 0.717) is 18.5 Å². The van der Waals surface area contributed by atoms with Crippen molar-refractivity contribution >= 4 is 16.8 Å². The molecule has 5 heterocycles. The molecule has 9 rings (SSSR count). The van der Waals surface area contributed by atoms with Crippen molar-refractivity contribution < 1.29 is 4.79 Å². The highest BCUT2D eigenvalue weighted by atomic mass is 16.2. The molecule has 2 bridgehead atoms. The number of H-pyrrole nitrogens is 1. The molecule has 1 N–H and O–H groups in total. The van der Waals surface area contributed by atoms with Crippen molar-refractivity contribution in [2.45, 2.75) is 77.5 Å². The van der Waals surface area contributed by atoms with Crippen LogP contribution in [0.3, 0.4) is 0 Å². The van der Waals surface area contributed by atoms with E-state index >= 15 is 0 Å². The van der Waals surface area contributed by atoms with Crippen molar-refractivity contribution in [3.8, 4) is 33.5 Å². The van der Waals surface area contributed by atoms with E-state index in [1.54, 1.807) is 0 Å². The number of pyridine rings is 2. The van der Waals surface area contributed by atoms with Gasteiger partial charge >= 0.3 is 0 Å². The Morgan fingerprint density at radius 1 is 0.661 bits per heavy atom. The summed E-state index contributed by atoms with van der Waals surface area (Å²) in [6.07, 6.45) is 13.4. The SMILES string of the molecule is Cc1cc(C)cc(-c2[nH]c3ccc(CC(=O)N4C5CCC4CC5)cc3c2CCN(Cc2ccc(-c3cccnc3)cc2)Cc2ccc(-c3cccnc3)cc2)c1. The fourth-order valence-electron chi connectivity index (χ4n) is 9.29. The van der Waals surface area contributed by atoms with Crippen LogP contribution < -0.4 is 0 Å². The van der Waals surface area contributed by atoms with Gasteiger partial charge in [0, 0.05) is 73.1 Å². The van der Waals surface area contributed by atoms with Crippen molar-refractivity contribution in [1.82, 2.24) is 24.8 Å². The topological polar surface area (TPSA) is 65.1 Å². The van der Waals surface area contributed by atoms with Gasteiger partial charge in [0.2, 0.25) is 5.91 Å². The standard InChI is InChI=1S/C50H49N5O/c1-34-25-35(2)27-43(26-34)50-46(47-28-38(11-20-48(47)53-50)29-49(56)55-44-16-17-45(55)19-18-44)21-24-54(32-36-7-12-39(13-8-36)41-5-3-22-51-30-41)33-37-9-14-40(15-10-37)42-6-4-23-52-31-42/h3-15,20,22-23,25-28,30-31,44-45,53H,16-19,21,24,29,32-33H2,1-2H3. The Labute approximate surface area is 330 Å². The van der Waals surface area contributed by atoms with Crippen LogP contribution in [0.2, 0.25) is 0 Å². The molecule has 2 fully saturated rings. The largest absolute Gasteiger partial charge is 0.354 e. The molecule has 0 spiro atoms. The summed E-state index contributed by atoms with van der Waals surface area (Å²) in [6.45, 7) is 6.84. The molecular weight excluding hydrogens is 687 g/mol. The van der Waals surface area contributed by atoms with Crippen LogP contribution in [0, 0.1) is 13.8 Å². The Morgan fingerprint density at radius 2 is 1.21 bits per heavy atom. The third kappa shape index (κ3) is 7.67. The van der Waals surface area contributed by atoms with Gasteiger partial charge in [0.1, 0.15) is 0 Å². The molecule has 0 unspecified atom stereocenters. The molecule has 6 heteroatoms. The Balaban J connectivity index is 1.03. The Morgan fingerprint density at radius 3 is 1.75 bits per heavy atom. The van der Waals surface area contributed by atoms with Crippen molar-refractivity contribution in [2.75, 3.05) is 6.54 Å². The van der Waals surface area contributed by atoms with Crippen LogP contribution in [0.5, 0.6) is 0 Å². The fraction of sp³-hybridized carbons (Fsp3) is 0.260. The number of nitrogens with one attached hydrogen (secondary N) is 1. The predicted molar refractivity (Wildman–Crippen MR) is 227 cm³/mol. The van der Waals surface area contributed by atoms with Gasteiger partial charge in [0.25, 0.3) is 0 Å². The lowest BCUT2D eigenvalue weighted by Crippen LogP contribution is -2.36. The summed E-state index contributed by atoms with van der Waals surface area (Å²) in [5, 5.41) is 1.22. The quantitative estimate of drug-likeness (QED) is 0.136. The summed E-state index contributed by atoms with van der Waals surface area (Å²) >= 11 is 0. The van der Waals surface area contributed by atoms with Gasteiger partial charge in [-0.05, 0) is 132 Å². The number of rotatable bonds is 12. The molecule has 1 amide bonds. The lowest BCUT2D eigenvalue weighted by atomic mass is 9.98. The molecule has 6 nitrogen and oxygen atoms in total. The second-order valence-corrected chi connectivity index (χ2v) is 16.0. The number of aryl methyl sites for hydroxylation is 2. The Bertz CT molecular complexity index is 2330. The van der Waals surface area contributed by atoms with Crippen LogP contribution in [0.15, 0.2) is 134 Å². The lowest BCUT2D eigenvalue weighted by Gasteiger charge is -2.23. The maximum atomic E-state index is 13.7. The second-order valence-electron chi connectivity index (χ2n) is 16.0. The molecule has 0 radical (unpaired) electrons. The van der Waals surface area contributed by atoms with E-state index in [9.17, 15) is 4.79 Å². The summed E-state index contributed by atoms with van der Waals surface area (Å²) in [6, 6.07) is 40.4. The number of benzene rings is 4. The summed E-state index contributed by atoms with van der Waals surface area (Å²) in [4.78, 5) is 30.9. The van der Waals surface area contributed by atoms with Gasteiger partial charge in [-0.3, -0.25) is 19.7 Å². The summed E-state index contributed by atoms with van der Waals surface area (Å²) in [7, 11) is 0. The van der Waals surface area contributed by atoms with E-state index in [2.05, 4.69) is 136 Å². The number of nitrogens with zero attached hydrogens (tertiary/aromatic N) is 4. The molecule has 0 atom stereocenters. The zero-order valence-electron chi connectivity index (χ0n) is 32.4. The van der Waals surface area contributed by atoms with Crippen LogP contribution in [0.25, 0.3) is 44.4 Å². The second kappa shape index (κ2) is 15.7. The monoisotopic (exact) mass is 735 g/mol. The molecule has 0 aliphatic carbocycles. The summed E-state index contributed by atoms with van der Waals surface area (Å²) in [5.74, 6) is 0.288. The normalized spacial score (nSPS) is 16.3. The molecule has 2 aliphatic rings. The minimum atomic E-state index is 0.288. The van der Waals surface area contributed by atoms with E-state index in [-0.39, 0.29) is 5.91 Å². The fourth-order valence-corrected chi connectivity index (χ4v) is 9.29. The van der Waals surface area contributed by atoms with Gasteiger partial charge in [-0.1, -0.05) is 83.9 Å². The van der Waals surface area contributed by atoms with Crippen LogP contribution >= 0.6 is 0 Å². The highest BCUT2D eigenvalue weighted by molar-refractivity contribution is 5.92. The minimum absolute atomic E-state index is 0.288. The number of aromatic nitrogens is 3. The van der Waals surface area contributed by atoms with E-state index in [1.165, 1.54) is 55.6 Å². The predicted octanol–water partition coefficient (Wildman–Crippen LogP) is 10.5. The molecule has 2 saturated heterocycles. The number of hydrogen-bond acceptors (Lipinski definition) is 4. The minimum Gasteiger partial charge on any atom is -0.354 e. The third-order valence-electron chi connectivity index (χ3n) is 12.0. The molecule has 3 aromatic heterocycles. The van der Waals surface area contributed by atoms with Gasteiger partial charge < -0.3 is 9.88 Å². The van der Waals surface area contributed by atoms with Gasteiger partial charge in [0.15, 0.2) is 0 Å². The van der Waals surface area contributed by atoms with Crippen molar-refractivity contribution in [3.63, 3.8) is 0 Å². The molecule has 280 valence electrons. The molecule has 7 aromatic rings. The Hall–Kier alpha value is -5.85. The van der Waals surface area contributed by atoms with Crippen LogP contribution in [-0.4, -0.2) is 49.3 Å². The molecule has 2 aliphatic heterocycles. The van der Waals surface area contributed by atoms with E-state index in [4.69, 9.17) is 0 Å². The van der Waals surface area contributed by atoms with Gasteiger partial charge in [0.05, 0.1) is 6.42 Å². The number of hydrogen-bond donors (Lipinski definition) is 1. The van der Waals surface area contributed by atoms with Gasteiger partial charge in [-0.15, -0.1) is 0 Å². The number of fused-ring (bicyclic) bond motifs is 3. The molecule has 0 saturated carbocycles. The lowest BCUT2D eigenvalue weighted by molar-refractivity contribution is -0.131. The Kier molecular flexibility index (Phi) is 10.1. The zero-order chi connectivity index (χ0) is 38.0. The third-order valence-corrected chi connectivity index (χ3v) is 12.0. The number of aromatic amines is 1. The highest BCUT2D eigenvalue weighted by Gasteiger charge is 2.41. The van der Waals surface area contributed by atoms with Crippen LogP contribution in [0.1, 0.15) is 59.1 Å². The first-order chi connectivity index (χ1) is 27.4. The summed E-state index contributed by atoms with van der Waals surface area (Å²) < 4.78 is 0. The average Bonchev–Trinajstić information content (AvgIpc) is 3.94. The zero-order valence-corrected chi connectivity index (χ0v) is 32.4. The van der Waals surface area contributed by atoms with Crippen molar-refractivity contribution in [2.24, 2.45) is 0 Å². The maximum absolute atomic E-state index is 13.7. The molecule has 4 aromatic carbocycles. The summed E-state index contributed by atoms with van der Waals surface area (Å²) in [5.41, 5.74) is 15.5. The number of carbonyl (C=O) groups is 1. The molecule has 56 heavy (non-hydrogen) atoms. The maximum Gasteiger partial charge on any atom is 0.227 e. The van der Waals surface area contributed by atoms with Crippen LogP contribution in [0.4, 0.5) is 0 Å². The van der Waals surface area contributed by atoms with Gasteiger partial charge in [-0.2, -0.15) is 0 Å². The number of amides is 1. The van der Waals surface area contributed by atoms with Crippen molar-refractivity contribution in [1.29, 1.82) is 0 Å². The van der Waals surface area contributed by atoms with Crippen molar-refractivity contribution in [3.05, 3.63) is 167 Å². The number of carbonyl (C=O) groups excluding carboxylic acids is 1. The van der Waals surface area contributed by atoms with Crippen LogP contribution in [-0.2, 0) is 30.7 Å².